The highest BCUT2D eigenvalue weighted by Gasteiger charge is 2.20. The minimum absolute atomic E-state index is 0.0953. The molecule has 0 aliphatic heterocycles. The minimum Gasteiger partial charge on any atom is -0.496 e. The zero-order valence-electron chi connectivity index (χ0n) is 18.9. The lowest BCUT2D eigenvalue weighted by molar-refractivity contribution is -0.145. The van der Waals surface area contributed by atoms with Crippen molar-refractivity contribution < 1.29 is 27.8 Å². The fourth-order valence-corrected chi connectivity index (χ4v) is 3.44. The molecule has 8 heteroatoms. The topological polar surface area (TPSA) is 67.9 Å². The first-order chi connectivity index (χ1) is 15.3. The van der Waals surface area contributed by atoms with Crippen LogP contribution in [0.25, 0.3) is 0 Å². The predicted octanol–water partition coefficient (Wildman–Crippen LogP) is 5.16. The number of anilines is 1. The number of ether oxygens (including phenoxy) is 2. The van der Waals surface area contributed by atoms with Gasteiger partial charge in [0.1, 0.15) is 17.4 Å². The maximum atomic E-state index is 14.0. The molecule has 0 heterocycles. The fraction of sp³-hybridized carbons (Fsp3) is 0.417. The Morgan fingerprint density at radius 2 is 1.84 bits per heavy atom. The number of urea groups is 1. The minimum atomic E-state index is -0.845. The van der Waals surface area contributed by atoms with Gasteiger partial charge in [0.2, 0.25) is 0 Å². The van der Waals surface area contributed by atoms with Crippen molar-refractivity contribution in [1.29, 1.82) is 0 Å². The Kier molecular flexibility index (Phi) is 9.43. The Balaban J connectivity index is 2.24. The second-order valence-electron chi connectivity index (χ2n) is 7.45. The fourth-order valence-electron chi connectivity index (χ4n) is 3.44. The summed E-state index contributed by atoms with van der Waals surface area (Å²) in [6.45, 7) is 4.48. The van der Waals surface area contributed by atoms with E-state index in [0.717, 1.165) is 23.3 Å². The first kappa shape index (κ1) is 25.1. The second kappa shape index (κ2) is 12.0. The van der Waals surface area contributed by atoms with E-state index in [-0.39, 0.29) is 24.1 Å². The van der Waals surface area contributed by atoms with Crippen molar-refractivity contribution in [3.05, 3.63) is 59.2 Å². The SMILES string of the molecule is CCCN(Cc1cc(CC(CC)C(=O)OC)ccc1OC)C(=O)Nc1ccc(F)cc1F. The summed E-state index contributed by atoms with van der Waals surface area (Å²) in [6.07, 6.45) is 1.82. The number of carbonyl (C=O) groups is 2. The van der Waals surface area contributed by atoms with E-state index in [1.165, 1.54) is 18.1 Å². The number of nitrogens with zero attached hydrogens (tertiary/aromatic N) is 1. The Hall–Kier alpha value is -3.16. The molecule has 1 atom stereocenters. The highest BCUT2D eigenvalue weighted by atomic mass is 19.1. The number of rotatable bonds is 10. The summed E-state index contributed by atoms with van der Waals surface area (Å²) in [5.74, 6) is -1.50. The predicted molar refractivity (Wildman–Crippen MR) is 119 cm³/mol. The Morgan fingerprint density at radius 1 is 1.09 bits per heavy atom. The summed E-state index contributed by atoms with van der Waals surface area (Å²) in [7, 11) is 2.91. The number of esters is 1. The third-order valence-corrected chi connectivity index (χ3v) is 5.17. The van der Waals surface area contributed by atoms with Gasteiger partial charge in [-0.2, -0.15) is 0 Å². The van der Waals surface area contributed by atoms with Gasteiger partial charge in [0.05, 0.1) is 32.4 Å². The molecule has 2 amide bonds. The maximum absolute atomic E-state index is 14.0. The van der Waals surface area contributed by atoms with Crippen LogP contribution in [0.15, 0.2) is 36.4 Å². The van der Waals surface area contributed by atoms with Gasteiger partial charge >= 0.3 is 12.0 Å². The van der Waals surface area contributed by atoms with Gasteiger partial charge in [-0.05, 0) is 43.0 Å². The first-order valence-electron chi connectivity index (χ1n) is 10.6. The lowest BCUT2D eigenvalue weighted by Gasteiger charge is -2.24. The number of nitrogens with one attached hydrogen (secondary N) is 1. The monoisotopic (exact) mass is 448 g/mol. The largest absolute Gasteiger partial charge is 0.496 e. The van der Waals surface area contributed by atoms with E-state index < -0.39 is 17.7 Å². The summed E-state index contributed by atoms with van der Waals surface area (Å²) in [5.41, 5.74) is 1.58. The van der Waals surface area contributed by atoms with Crippen LogP contribution < -0.4 is 10.1 Å². The number of benzene rings is 2. The van der Waals surface area contributed by atoms with Crippen molar-refractivity contribution in [3.8, 4) is 5.75 Å². The molecule has 174 valence electrons. The summed E-state index contributed by atoms with van der Waals surface area (Å²) >= 11 is 0. The summed E-state index contributed by atoms with van der Waals surface area (Å²) in [6, 6.07) is 8.07. The molecule has 0 fully saturated rings. The zero-order valence-corrected chi connectivity index (χ0v) is 18.9. The lowest BCUT2D eigenvalue weighted by atomic mass is 9.95. The molecule has 0 bridgehead atoms. The Bertz CT molecular complexity index is 936. The van der Waals surface area contributed by atoms with Gasteiger partial charge in [0.15, 0.2) is 0 Å². The van der Waals surface area contributed by atoms with Gasteiger partial charge in [-0.3, -0.25) is 4.79 Å². The molecule has 2 rings (SSSR count). The average molecular weight is 449 g/mol. The van der Waals surface area contributed by atoms with Crippen LogP contribution in [0.4, 0.5) is 19.3 Å². The van der Waals surface area contributed by atoms with Gasteiger partial charge < -0.3 is 19.7 Å². The van der Waals surface area contributed by atoms with Crippen molar-refractivity contribution in [3.63, 3.8) is 0 Å². The number of methoxy groups -OCH3 is 2. The van der Waals surface area contributed by atoms with Gasteiger partial charge in [0, 0.05) is 18.2 Å². The van der Waals surface area contributed by atoms with E-state index in [1.807, 2.05) is 26.0 Å². The van der Waals surface area contributed by atoms with E-state index in [0.29, 0.717) is 31.6 Å². The lowest BCUT2D eigenvalue weighted by Crippen LogP contribution is -2.35. The van der Waals surface area contributed by atoms with Crippen LogP contribution in [0.1, 0.15) is 37.8 Å². The molecule has 0 saturated heterocycles. The number of hydrogen-bond acceptors (Lipinski definition) is 4. The van der Waals surface area contributed by atoms with Crippen molar-refractivity contribution in [2.45, 2.75) is 39.7 Å². The van der Waals surface area contributed by atoms with Crippen LogP contribution >= 0.6 is 0 Å². The Labute approximate surface area is 187 Å². The molecule has 6 nitrogen and oxygen atoms in total. The molecule has 2 aromatic rings. The van der Waals surface area contributed by atoms with Gasteiger partial charge in [-0.15, -0.1) is 0 Å². The normalized spacial score (nSPS) is 11.6. The molecule has 32 heavy (non-hydrogen) atoms. The number of hydrogen-bond donors (Lipinski definition) is 1. The molecule has 0 aromatic heterocycles. The molecule has 2 aromatic carbocycles. The second-order valence-corrected chi connectivity index (χ2v) is 7.45. The molecule has 1 N–H and O–H groups in total. The van der Waals surface area contributed by atoms with Gasteiger partial charge in [0.25, 0.3) is 0 Å². The van der Waals surface area contributed by atoms with Crippen molar-refractivity contribution >= 4 is 17.7 Å². The van der Waals surface area contributed by atoms with E-state index in [9.17, 15) is 18.4 Å². The molecule has 0 aliphatic rings. The van der Waals surface area contributed by atoms with E-state index in [4.69, 9.17) is 9.47 Å². The van der Waals surface area contributed by atoms with Crippen LogP contribution in [-0.2, 0) is 22.5 Å². The molecule has 0 spiro atoms. The summed E-state index contributed by atoms with van der Waals surface area (Å²) < 4.78 is 37.5. The highest BCUT2D eigenvalue weighted by Crippen LogP contribution is 2.25. The quantitative estimate of drug-likeness (QED) is 0.510. The van der Waals surface area contributed by atoms with E-state index in [1.54, 1.807) is 13.2 Å². The summed E-state index contributed by atoms with van der Waals surface area (Å²) in [4.78, 5) is 26.3. The highest BCUT2D eigenvalue weighted by molar-refractivity contribution is 5.89. The number of halogens is 2. The molecule has 0 radical (unpaired) electrons. The third kappa shape index (κ3) is 6.67. The van der Waals surface area contributed by atoms with Crippen molar-refractivity contribution in [1.82, 2.24) is 4.90 Å². The molecule has 0 saturated carbocycles. The molecule has 1 unspecified atom stereocenters. The van der Waals surface area contributed by atoms with Crippen molar-refractivity contribution in [2.75, 3.05) is 26.1 Å². The van der Waals surface area contributed by atoms with Crippen LogP contribution in [0.3, 0.4) is 0 Å². The smallest absolute Gasteiger partial charge is 0.322 e. The van der Waals surface area contributed by atoms with Gasteiger partial charge in [-0.25, -0.2) is 13.6 Å². The van der Waals surface area contributed by atoms with E-state index in [2.05, 4.69) is 5.32 Å². The van der Waals surface area contributed by atoms with Crippen molar-refractivity contribution in [2.24, 2.45) is 5.92 Å². The maximum Gasteiger partial charge on any atom is 0.322 e. The zero-order chi connectivity index (χ0) is 23.7. The molecular weight excluding hydrogens is 418 g/mol. The first-order valence-corrected chi connectivity index (χ1v) is 10.6. The van der Waals surface area contributed by atoms with Crippen LogP contribution in [0.2, 0.25) is 0 Å². The van der Waals surface area contributed by atoms with Gasteiger partial charge in [-0.1, -0.05) is 26.0 Å². The van der Waals surface area contributed by atoms with Crippen LogP contribution in [-0.4, -0.2) is 37.7 Å². The molecular formula is C24H30F2N2O4. The molecule has 0 aliphatic carbocycles. The third-order valence-electron chi connectivity index (χ3n) is 5.17. The van der Waals surface area contributed by atoms with E-state index >= 15 is 0 Å². The summed E-state index contributed by atoms with van der Waals surface area (Å²) in [5, 5.41) is 2.50. The Morgan fingerprint density at radius 3 is 2.44 bits per heavy atom. The standard InChI is InChI=1S/C24H30F2N2O4/c1-5-11-28(24(30)27-21-9-8-19(25)14-20(21)26)15-18-13-16(7-10-22(18)31-3)12-17(6-2)23(29)32-4/h7-10,13-14,17H,5-6,11-12,15H2,1-4H3,(H,27,30). The number of carbonyl (C=O) groups excluding carboxylic acids is 2. The van der Waals surface area contributed by atoms with Crippen LogP contribution in [0.5, 0.6) is 5.75 Å². The average Bonchev–Trinajstić information content (AvgIpc) is 2.78. The van der Waals surface area contributed by atoms with Crippen LogP contribution in [0, 0.1) is 17.6 Å². The number of amides is 2.